The molecule has 3 unspecified atom stereocenters. The molecular weight excluding hydrogens is 242 g/mol. The Bertz CT molecular complexity index is 652. The van der Waals surface area contributed by atoms with E-state index in [1.807, 2.05) is 6.07 Å². The molecule has 0 radical (unpaired) electrons. The zero-order chi connectivity index (χ0) is 12.8. The van der Waals surface area contributed by atoms with E-state index in [1.165, 1.54) is 25.7 Å². The number of nitrogens with zero attached hydrogens (tertiary/aromatic N) is 4. The van der Waals surface area contributed by atoms with Gasteiger partial charge in [-0.2, -0.15) is 15.3 Å². The molecule has 1 N–H and O–H groups in total. The third kappa shape index (κ3) is 1.58. The topological polar surface area (TPSA) is 91.4 Å². The fraction of sp³-hybridized carbons (Fsp3) is 0.538. The Morgan fingerprint density at radius 1 is 1.37 bits per heavy atom. The Morgan fingerprint density at radius 3 is 3.05 bits per heavy atom. The van der Waals surface area contributed by atoms with Crippen molar-refractivity contribution in [2.45, 2.75) is 31.6 Å². The second-order valence-corrected chi connectivity index (χ2v) is 5.51. The number of H-pyrrole nitrogens is 1. The molecule has 96 valence electrons. The van der Waals surface area contributed by atoms with Crippen LogP contribution in [0.1, 0.15) is 43.1 Å². The number of fused-ring (bicyclic) bond motifs is 2. The molecule has 2 aliphatic carbocycles. The molecule has 0 aromatic carbocycles. The molecule has 3 atom stereocenters. The monoisotopic (exact) mass is 255 g/mol. The number of aromatic amines is 1. The van der Waals surface area contributed by atoms with Crippen molar-refractivity contribution in [1.29, 1.82) is 5.26 Å². The molecular formula is C13H13N5O. The van der Waals surface area contributed by atoms with Crippen LogP contribution in [0, 0.1) is 23.2 Å². The molecule has 4 rings (SSSR count). The lowest BCUT2D eigenvalue weighted by Gasteiger charge is -2.17. The summed E-state index contributed by atoms with van der Waals surface area (Å²) >= 11 is 0. The summed E-state index contributed by atoms with van der Waals surface area (Å²) in [5.41, 5.74) is 0.951. The van der Waals surface area contributed by atoms with Gasteiger partial charge in [0.1, 0.15) is 11.8 Å². The summed E-state index contributed by atoms with van der Waals surface area (Å²) < 4.78 is 5.30. The summed E-state index contributed by atoms with van der Waals surface area (Å²) in [6, 6.07) is 2.03. The van der Waals surface area contributed by atoms with Crippen molar-refractivity contribution in [3.05, 3.63) is 17.7 Å². The second-order valence-electron chi connectivity index (χ2n) is 5.51. The molecule has 2 aromatic heterocycles. The van der Waals surface area contributed by atoms with Crippen molar-refractivity contribution < 1.29 is 4.52 Å². The minimum atomic E-state index is 0.364. The number of aromatic nitrogens is 4. The number of hydrogen-bond acceptors (Lipinski definition) is 5. The summed E-state index contributed by atoms with van der Waals surface area (Å²) in [4.78, 5) is 4.47. The Morgan fingerprint density at radius 2 is 2.32 bits per heavy atom. The standard InChI is InChI=1S/C13H13N5O/c14-5-11-10(6-15-17-11)13-16-12(18-19-13)9-4-7-1-2-8(9)3-7/h6-9H,1-4H2,(H,15,17). The van der Waals surface area contributed by atoms with E-state index >= 15 is 0 Å². The van der Waals surface area contributed by atoms with Crippen LogP contribution in [0.5, 0.6) is 0 Å². The van der Waals surface area contributed by atoms with Crippen LogP contribution in [0.25, 0.3) is 11.5 Å². The molecule has 2 saturated carbocycles. The maximum Gasteiger partial charge on any atom is 0.262 e. The highest BCUT2D eigenvalue weighted by Crippen LogP contribution is 2.52. The van der Waals surface area contributed by atoms with Crippen molar-refractivity contribution in [3.8, 4) is 17.5 Å². The summed E-state index contributed by atoms with van der Waals surface area (Å²) in [6.45, 7) is 0. The predicted molar refractivity (Wildman–Crippen MR) is 64.8 cm³/mol. The second kappa shape index (κ2) is 3.92. The van der Waals surface area contributed by atoms with E-state index in [1.54, 1.807) is 6.20 Å². The van der Waals surface area contributed by atoms with Crippen LogP contribution in [0.4, 0.5) is 0 Å². The van der Waals surface area contributed by atoms with Gasteiger partial charge >= 0.3 is 0 Å². The number of nitrogens with one attached hydrogen (secondary N) is 1. The summed E-state index contributed by atoms with van der Waals surface area (Å²) in [6.07, 6.45) is 6.68. The largest absolute Gasteiger partial charge is 0.334 e. The highest BCUT2D eigenvalue weighted by molar-refractivity contribution is 5.59. The average molecular weight is 255 g/mol. The Kier molecular flexibility index (Phi) is 2.21. The van der Waals surface area contributed by atoms with Gasteiger partial charge in [0.15, 0.2) is 5.82 Å². The van der Waals surface area contributed by atoms with E-state index in [0.717, 1.165) is 17.7 Å². The third-order valence-corrected chi connectivity index (χ3v) is 4.49. The Balaban J connectivity index is 1.65. The molecule has 2 fully saturated rings. The van der Waals surface area contributed by atoms with Gasteiger partial charge in [0, 0.05) is 5.92 Å². The molecule has 2 heterocycles. The van der Waals surface area contributed by atoms with Gasteiger partial charge in [-0.3, -0.25) is 5.10 Å². The first-order chi connectivity index (χ1) is 9.35. The molecule has 2 aromatic rings. The highest BCUT2D eigenvalue weighted by atomic mass is 16.5. The molecule has 6 nitrogen and oxygen atoms in total. The van der Waals surface area contributed by atoms with E-state index in [0.29, 0.717) is 23.1 Å². The minimum Gasteiger partial charge on any atom is -0.334 e. The van der Waals surface area contributed by atoms with Crippen LogP contribution >= 0.6 is 0 Å². The molecule has 0 amide bonds. The first kappa shape index (κ1) is 10.7. The zero-order valence-corrected chi connectivity index (χ0v) is 10.3. The predicted octanol–water partition coefficient (Wildman–Crippen LogP) is 2.23. The molecule has 0 aliphatic heterocycles. The fourth-order valence-corrected chi connectivity index (χ4v) is 3.59. The zero-order valence-electron chi connectivity index (χ0n) is 10.3. The Hall–Kier alpha value is -2.16. The maximum absolute atomic E-state index is 8.96. The van der Waals surface area contributed by atoms with E-state index in [4.69, 9.17) is 9.78 Å². The van der Waals surface area contributed by atoms with Gasteiger partial charge in [-0.15, -0.1) is 0 Å². The smallest absolute Gasteiger partial charge is 0.262 e. The van der Waals surface area contributed by atoms with Crippen LogP contribution in [0.15, 0.2) is 10.7 Å². The number of hydrogen-bond donors (Lipinski definition) is 1. The van der Waals surface area contributed by atoms with E-state index in [2.05, 4.69) is 20.3 Å². The van der Waals surface area contributed by atoms with Gasteiger partial charge in [-0.1, -0.05) is 11.6 Å². The van der Waals surface area contributed by atoms with E-state index < -0.39 is 0 Å². The van der Waals surface area contributed by atoms with Crippen molar-refractivity contribution in [2.24, 2.45) is 11.8 Å². The van der Waals surface area contributed by atoms with Crippen molar-refractivity contribution >= 4 is 0 Å². The first-order valence-corrected chi connectivity index (χ1v) is 6.62. The molecule has 0 spiro atoms. The number of nitriles is 1. The lowest BCUT2D eigenvalue weighted by atomic mass is 9.88. The lowest BCUT2D eigenvalue weighted by molar-refractivity contribution is 0.372. The lowest BCUT2D eigenvalue weighted by Crippen LogP contribution is -2.09. The fourth-order valence-electron chi connectivity index (χ4n) is 3.59. The molecule has 19 heavy (non-hydrogen) atoms. The minimum absolute atomic E-state index is 0.364. The van der Waals surface area contributed by atoms with Crippen LogP contribution in [-0.4, -0.2) is 20.3 Å². The average Bonchev–Trinajstić information content (AvgIpc) is 3.19. The molecule has 2 aliphatic rings. The van der Waals surface area contributed by atoms with Crippen LogP contribution < -0.4 is 0 Å². The van der Waals surface area contributed by atoms with Crippen LogP contribution in [0.3, 0.4) is 0 Å². The van der Waals surface area contributed by atoms with Crippen molar-refractivity contribution in [3.63, 3.8) is 0 Å². The maximum atomic E-state index is 8.96. The van der Waals surface area contributed by atoms with Gasteiger partial charge in [0.25, 0.3) is 5.89 Å². The molecule has 0 saturated heterocycles. The molecule has 2 bridgehead atoms. The summed E-state index contributed by atoms with van der Waals surface area (Å²) in [5, 5.41) is 19.5. The van der Waals surface area contributed by atoms with Gasteiger partial charge < -0.3 is 4.52 Å². The highest BCUT2D eigenvalue weighted by Gasteiger charge is 2.42. The number of rotatable bonds is 2. The van der Waals surface area contributed by atoms with Crippen LogP contribution in [0.2, 0.25) is 0 Å². The van der Waals surface area contributed by atoms with E-state index in [9.17, 15) is 0 Å². The van der Waals surface area contributed by atoms with Gasteiger partial charge in [0.2, 0.25) is 0 Å². The van der Waals surface area contributed by atoms with Crippen molar-refractivity contribution in [2.75, 3.05) is 0 Å². The normalized spacial score (nSPS) is 28.7. The summed E-state index contributed by atoms with van der Waals surface area (Å²) in [7, 11) is 0. The Labute approximate surface area is 109 Å². The van der Waals surface area contributed by atoms with E-state index in [-0.39, 0.29) is 0 Å². The summed E-state index contributed by atoms with van der Waals surface area (Å²) in [5.74, 6) is 3.19. The van der Waals surface area contributed by atoms with Gasteiger partial charge in [-0.05, 0) is 31.1 Å². The third-order valence-electron chi connectivity index (χ3n) is 4.49. The first-order valence-electron chi connectivity index (χ1n) is 6.62. The quantitative estimate of drug-likeness (QED) is 0.888. The van der Waals surface area contributed by atoms with Gasteiger partial charge in [-0.25, -0.2) is 0 Å². The van der Waals surface area contributed by atoms with Crippen molar-refractivity contribution in [1.82, 2.24) is 20.3 Å². The molecule has 6 heteroatoms. The van der Waals surface area contributed by atoms with Gasteiger partial charge in [0.05, 0.1) is 11.8 Å². The SMILES string of the molecule is N#Cc1[nH]ncc1-c1nc(C2CC3CCC2C3)no1. The van der Waals surface area contributed by atoms with Crippen LogP contribution in [-0.2, 0) is 0 Å².